The molecule has 0 amide bonds. The second kappa shape index (κ2) is 9.16. The second-order valence-electron chi connectivity index (χ2n) is 9.25. The van der Waals surface area contributed by atoms with Crippen molar-refractivity contribution in [3.63, 3.8) is 0 Å². The van der Waals surface area contributed by atoms with Crippen LogP contribution in [0.25, 0.3) is 22.3 Å². The number of nitrogens with one attached hydrogen (secondary N) is 2. The number of aldehydes is 1. The highest BCUT2D eigenvalue weighted by Crippen LogP contribution is 2.35. The van der Waals surface area contributed by atoms with Crippen LogP contribution in [0, 0.1) is 24.5 Å². The number of hydrogen-bond donors (Lipinski definition) is 2. The van der Waals surface area contributed by atoms with Gasteiger partial charge in [0.1, 0.15) is 23.7 Å². The van der Waals surface area contributed by atoms with Gasteiger partial charge in [-0.15, -0.1) is 0 Å². The van der Waals surface area contributed by atoms with Gasteiger partial charge in [0.2, 0.25) is 0 Å². The third-order valence-electron chi connectivity index (χ3n) is 6.69. The normalized spacial score (nSPS) is 13.6. The number of fused-ring (bicyclic) bond motifs is 1. The van der Waals surface area contributed by atoms with E-state index in [2.05, 4.69) is 31.1 Å². The van der Waals surface area contributed by atoms with Crippen molar-refractivity contribution in [3.05, 3.63) is 89.4 Å². The zero-order chi connectivity index (χ0) is 25.5. The van der Waals surface area contributed by atoms with E-state index in [1.54, 1.807) is 13.1 Å². The molecule has 6 rings (SSSR count). The molecule has 0 unspecified atom stereocenters. The Bertz CT molecular complexity index is 1620. The van der Waals surface area contributed by atoms with Crippen LogP contribution in [0.5, 0.6) is 11.5 Å². The molecule has 9 heteroatoms. The van der Waals surface area contributed by atoms with Crippen LogP contribution < -0.4 is 9.64 Å². The number of anilines is 1. The van der Waals surface area contributed by atoms with Crippen molar-refractivity contribution in [2.75, 3.05) is 18.0 Å². The number of hydrogen-bond acceptors (Lipinski definition) is 5. The topological polar surface area (TPSA) is 86.9 Å². The molecule has 0 spiro atoms. The van der Waals surface area contributed by atoms with Gasteiger partial charge < -0.3 is 19.4 Å². The monoisotopic (exact) mass is 499 g/mol. The molecule has 7 nitrogen and oxygen atoms in total. The van der Waals surface area contributed by atoms with Crippen molar-refractivity contribution >= 4 is 22.9 Å². The van der Waals surface area contributed by atoms with Crippen molar-refractivity contribution in [2.24, 2.45) is 5.92 Å². The van der Waals surface area contributed by atoms with Crippen LogP contribution in [0.15, 0.2) is 60.8 Å². The largest absolute Gasteiger partial charge is 0.454 e. The van der Waals surface area contributed by atoms with E-state index < -0.39 is 11.6 Å². The molecule has 3 heterocycles. The zero-order valence-corrected chi connectivity index (χ0v) is 20.0. The standard InChI is InChI=1S/C28H23F2N5O2/c1-16-21-7-8-31-25(21)12-24(30)27(16)37-20-5-6-23(29)22(11-20)28-32-26(33-34-28)10-17-3-2-4-19(9-17)35-13-18(14-35)15-36/h2-9,11-12,15,18,31H,10,13-14H2,1H3,(H,32,33,34). The van der Waals surface area contributed by atoms with Gasteiger partial charge in [0.15, 0.2) is 17.4 Å². The molecule has 0 atom stereocenters. The smallest absolute Gasteiger partial charge is 0.184 e. The first-order chi connectivity index (χ1) is 18.0. The summed E-state index contributed by atoms with van der Waals surface area (Å²) in [4.78, 5) is 20.5. The van der Waals surface area contributed by atoms with E-state index in [1.165, 1.54) is 24.3 Å². The van der Waals surface area contributed by atoms with E-state index in [1.807, 2.05) is 24.3 Å². The molecule has 1 aliphatic rings. The van der Waals surface area contributed by atoms with Crippen LogP contribution in [-0.2, 0) is 11.2 Å². The fourth-order valence-corrected chi connectivity index (χ4v) is 4.67. The Hall–Kier alpha value is -4.53. The van der Waals surface area contributed by atoms with Crippen molar-refractivity contribution in [1.29, 1.82) is 0 Å². The molecule has 0 aliphatic carbocycles. The molecule has 0 bridgehead atoms. The van der Waals surface area contributed by atoms with E-state index in [0.29, 0.717) is 23.3 Å². The SMILES string of the molecule is Cc1c(Oc2ccc(F)c(-c3n[nH]c(Cc4cccc(N5CC(C=O)C5)c4)n3)c2)c(F)cc2[nH]ccc12. The molecule has 5 aromatic rings. The Morgan fingerprint density at radius 2 is 1.97 bits per heavy atom. The van der Waals surface area contributed by atoms with E-state index in [-0.39, 0.29) is 28.8 Å². The molecule has 2 N–H and O–H groups in total. The van der Waals surface area contributed by atoms with Crippen molar-refractivity contribution in [2.45, 2.75) is 13.3 Å². The summed E-state index contributed by atoms with van der Waals surface area (Å²) in [7, 11) is 0. The molecule has 1 aliphatic heterocycles. The van der Waals surface area contributed by atoms with Gasteiger partial charge >= 0.3 is 0 Å². The Kier molecular flexibility index (Phi) is 5.67. The molecule has 0 radical (unpaired) electrons. The van der Waals surface area contributed by atoms with Crippen LogP contribution in [0.2, 0.25) is 0 Å². The summed E-state index contributed by atoms with van der Waals surface area (Å²) in [6.45, 7) is 3.22. The number of carbonyl (C=O) groups excluding carboxylic acids is 1. The van der Waals surface area contributed by atoms with E-state index in [4.69, 9.17) is 4.74 Å². The maximum absolute atomic E-state index is 14.7. The van der Waals surface area contributed by atoms with Crippen molar-refractivity contribution < 1.29 is 18.3 Å². The van der Waals surface area contributed by atoms with Gasteiger partial charge in [-0.1, -0.05) is 12.1 Å². The van der Waals surface area contributed by atoms with Gasteiger partial charge in [-0.2, -0.15) is 5.10 Å². The van der Waals surface area contributed by atoms with Gasteiger partial charge in [-0.05, 0) is 48.9 Å². The number of H-pyrrole nitrogens is 2. The van der Waals surface area contributed by atoms with Crippen LogP contribution in [0.4, 0.5) is 14.5 Å². The Labute approximate surface area is 211 Å². The number of aromatic amines is 2. The number of halogens is 2. The maximum atomic E-state index is 14.7. The number of benzene rings is 3. The number of rotatable bonds is 7. The number of ether oxygens (including phenoxy) is 1. The maximum Gasteiger partial charge on any atom is 0.184 e. The summed E-state index contributed by atoms with van der Waals surface area (Å²) in [5.74, 6) is 0.182. The van der Waals surface area contributed by atoms with Crippen molar-refractivity contribution in [3.8, 4) is 22.9 Å². The highest BCUT2D eigenvalue weighted by Gasteiger charge is 2.26. The fraction of sp³-hybridized carbons (Fsp3) is 0.179. The highest BCUT2D eigenvalue weighted by molar-refractivity contribution is 5.85. The van der Waals surface area contributed by atoms with Crippen LogP contribution in [0.3, 0.4) is 0 Å². The lowest BCUT2D eigenvalue weighted by molar-refractivity contribution is -0.111. The third kappa shape index (κ3) is 4.33. The predicted molar refractivity (Wildman–Crippen MR) is 136 cm³/mol. The minimum Gasteiger partial charge on any atom is -0.454 e. The fourth-order valence-electron chi connectivity index (χ4n) is 4.67. The lowest BCUT2D eigenvalue weighted by atomic mass is 10.0. The lowest BCUT2D eigenvalue weighted by Crippen LogP contribution is -2.47. The quantitative estimate of drug-likeness (QED) is 0.287. The van der Waals surface area contributed by atoms with Crippen LogP contribution >= 0.6 is 0 Å². The Morgan fingerprint density at radius 3 is 2.81 bits per heavy atom. The summed E-state index contributed by atoms with van der Waals surface area (Å²) in [6, 6.07) is 15.4. The Balaban J connectivity index is 1.22. The minimum atomic E-state index is -0.513. The Morgan fingerprint density at radius 1 is 1.11 bits per heavy atom. The first-order valence-corrected chi connectivity index (χ1v) is 11.9. The third-order valence-corrected chi connectivity index (χ3v) is 6.69. The first-order valence-electron chi connectivity index (χ1n) is 11.9. The number of aromatic nitrogens is 4. The van der Waals surface area contributed by atoms with E-state index in [9.17, 15) is 13.6 Å². The van der Waals surface area contributed by atoms with Gasteiger partial charge in [0, 0.05) is 59.8 Å². The number of nitrogens with zero attached hydrogens (tertiary/aromatic N) is 3. The molecular weight excluding hydrogens is 476 g/mol. The average Bonchev–Trinajstić information content (AvgIpc) is 3.52. The van der Waals surface area contributed by atoms with Crippen molar-refractivity contribution in [1.82, 2.24) is 20.2 Å². The van der Waals surface area contributed by atoms with Gasteiger partial charge in [-0.3, -0.25) is 5.10 Å². The average molecular weight is 500 g/mol. The molecule has 1 fully saturated rings. The molecule has 3 aromatic carbocycles. The second-order valence-corrected chi connectivity index (χ2v) is 9.25. The minimum absolute atomic E-state index is 0.0851. The van der Waals surface area contributed by atoms with E-state index >= 15 is 0 Å². The molecule has 2 aromatic heterocycles. The lowest BCUT2D eigenvalue weighted by Gasteiger charge is -2.38. The molecule has 1 saturated heterocycles. The summed E-state index contributed by atoms with van der Waals surface area (Å²) >= 11 is 0. The molecule has 37 heavy (non-hydrogen) atoms. The summed E-state index contributed by atoms with van der Waals surface area (Å²) in [5.41, 5.74) is 3.53. The van der Waals surface area contributed by atoms with Gasteiger partial charge in [0.25, 0.3) is 0 Å². The van der Waals surface area contributed by atoms with Crippen LogP contribution in [0.1, 0.15) is 17.0 Å². The summed E-state index contributed by atoms with van der Waals surface area (Å²) in [6.07, 6.45) is 3.21. The number of carbonyl (C=O) groups is 1. The van der Waals surface area contributed by atoms with E-state index in [0.717, 1.165) is 36.0 Å². The van der Waals surface area contributed by atoms with Gasteiger partial charge in [-0.25, -0.2) is 13.8 Å². The zero-order valence-electron chi connectivity index (χ0n) is 20.0. The summed E-state index contributed by atoms with van der Waals surface area (Å²) in [5, 5.41) is 7.94. The van der Waals surface area contributed by atoms with Crippen LogP contribution in [-0.4, -0.2) is 39.5 Å². The molecular formula is C28H23F2N5O2. The molecule has 186 valence electrons. The number of aryl methyl sites for hydroxylation is 1. The molecule has 0 saturated carbocycles. The predicted octanol–water partition coefficient (Wildman–Crippen LogP) is 5.56. The summed E-state index contributed by atoms with van der Waals surface area (Å²) < 4.78 is 35.3. The first kappa shape index (κ1) is 22.9. The highest BCUT2D eigenvalue weighted by atomic mass is 19.1. The van der Waals surface area contributed by atoms with Gasteiger partial charge in [0.05, 0.1) is 5.56 Å².